The lowest BCUT2D eigenvalue weighted by Gasteiger charge is -2.35. The van der Waals surface area contributed by atoms with Crippen LogP contribution in [-0.4, -0.2) is 53.8 Å². The maximum Gasteiger partial charge on any atom is 0.323 e. The van der Waals surface area contributed by atoms with Crippen molar-refractivity contribution in [3.05, 3.63) is 0 Å². The largest absolute Gasteiger partial charge is 0.480 e. The third-order valence-corrected chi connectivity index (χ3v) is 2.10. The molecule has 1 rings (SSSR count). The van der Waals surface area contributed by atoms with Crippen molar-refractivity contribution in [2.45, 2.75) is 26.1 Å². The fraction of sp³-hybridized carbons (Fsp3) is 0.778. The lowest BCUT2D eigenvalue weighted by molar-refractivity contribution is -0.135. The molecule has 0 aromatic carbocycles. The van der Waals surface area contributed by atoms with Crippen molar-refractivity contribution in [2.75, 3.05) is 19.6 Å². The molecule has 6 nitrogen and oxygen atoms in total. The van der Waals surface area contributed by atoms with Gasteiger partial charge in [0.15, 0.2) is 0 Å². The molecule has 86 valence electrons. The smallest absolute Gasteiger partial charge is 0.323 e. The molecule has 1 heterocycles. The number of urea groups is 1. The fourth-order valence-electron chi connectivity index (χ4n) is 1.61. The standard InChI is InChI=1S/C9H16N2O4/c1-6-4-11(5-7(2)15-6)9(14)10-3-8(12)13/h6-7H,3-5H2,1-2H3,(H,10,14)(H,12,13). The van der Waals surface area contributed by atoms with Crippen LogP contribution in [0, 0.1) is 0 Å². The number of nitrogens with one attached hydrogen (secondary N) is 1. The van der Waals surface area contributed by atoms with Gasteiger partial charge in [-0.05, 0) is 13.8 Å². The number of hydrogen-bond donors (Lipinski definition) is 2. The topological polar surface area (TPSA) is 78.9 Å². The quantitative estimate of drug-likeness (QED) is 0.675. The first-order valence-electron chi connectivity index (χ1n) is 4.89. The summed E-state index contributed by atoms with van der Waals surface area (Å²) in [6, 6.07) is -0.348. The normalized spacial score (nSPS) is 26.1. The molecule has 0 aromatic rings. The highest BCUT2D eigenvalue weighted by Crippen LogP contribution is 2.10. The monoisotopic (exact) mass is 216 g/mol. The molecule has 6 heteroatoms. The number of carbonyl (C=O) groups is 2. The Labute approximate surface area is 88.2 Å². The number of carbonyl (C=O) groups excluding carboxylic acids is 1. The molecule has 2 atom stereocenters. The maximum absolute atomic E-state index is 11.5. The molecule has 2 N–H and O–H groups in total. The number of hydrogen-bond acceptors (Lipinski definition) is 3. The van der Waals surface area contributed by atoms with Gasteiger partial charge in [0.25, 0.3) is 0 Å². The molecule has 1 aliphatic rings. The zero-order valence-electron chi connectivity index (χ0n) is 8.90. The van der Waals surface area contributed by atoms with Gasteiger partial charge in [-0.25, -0.2) is 4.79 Å². The minimum absolute atomic E-state index is 0.00988. The van der Waals surface area contributed by atoms with Gasteiger partial charge < -0.3 is 20.1 Å². The summed E-state index contributed by atoms with van der Waals surface area (Å²) in [6.45, 7) is 4.41. The van der Waals surface area contributed by atoms with Gasteiger partial charge in [0.2, 0.25) is 0 Å². The highest BCUT2D eigenvalue weighted by molar-refractivity contribution is 5.80. The molecule has 0 radical (unpaired) electrons. The zero-order valence-corrected chi connectivity index (χ0v) is 8.90. The van der Waals surface area contributed by atoms with Gasteiger partial charge in [-0.15, -0.1) is 0 Å². The first-order valence-corrected chi connectivity index (χ1v) is 4.89. The van der Waals surface area contributed by atoms with E-state index in [1.54, 1.807) is 4.90 Å². The third kappa shape index (κ3) is 3.75. The van der Waals surface area contributed by atoms with E-state index < -0.39 is 5.97 Å². The summed E-state index contributed by atoms with van der Waals surface area (Å²) < 4.78 is 5.45. The number of morpholine rings is 1. The summed E-state index contributed by atoms with van der Waals surface area (Å²) in [5.41, 5.74) is 0. The second kappa shape index (κ2) is 4.97. The van der Waals surface area contributed by atoms with Crippen molar-refractivity contribution >= 4 is 12.0 Å². The van der Waals surface area contributed by atoms with Gasteiger partial charge in [-0.2, -0.15) is 0 Å². The van der Waals surface area contributed by atoms with E-state index >= 15 is 0 Å². The number of carboxylic acids is 1. The maximum atomic E-state index is 11.5. The van der Waals surface area contributed by atoms with E-state index in [9.17, 15) is 9.59 Å². The third-order valence-electron chi connectivity index (χ3n) is 2.10. The molecule has 2 unspecified atom stereocenters. The average Bonchev–Trinajstić information content (AvgIpc) is 2.12. The molecular weight excluding hydrogens is 200 g/mol. The summed E-state index contributed by atoms with van der Waals surface area (Å²) >= 11 is 0. The van der Waals surface area contributed by atoms with Gasteiger partial charge in [-0.3, -0.25) is 4.79 Å². The van der Waals surface area contributed by atoms with E-state index in [0.29, 0.717) is 13.1 Å². The Bertz CT molecular complexity index is 246. The number of ether oxygens (including phenoxy) is 1. The Morgan fingerprint density at radius 1 is 1.40 bits per heavy atom. The van der Waals surface area contributed by atoms with Crippen LogP contribution < -0.4 is 5.32 Å². The van der Waals surface area contributed by atoms with E-state index in [4.69, 9.17) is 9.84 Å². The fourth-order valence-corrected chi connectivity index (χ4v) is 1.61. The summed E-state index contributed by atoms with van der Waals surface area (Å²) in [5.74, 6) is -1.04. The number of rotatable bonds is 2. The van der Waals surface area contributed by atoms with Gasteiger partial charge in [-0.1, -0.05) is 0 Å². The molecule has 1 fully saturated rings. The summed E-state index contributed by atoms with van der Waals surface area (Å²) in [5, 5.41) is 10.7. The Balaban J connectivity index is 2.41. The van der Waals surface area contributed by atoms with E-state index in [1.807, 2.05) is 13.8 Å². The number of nitrogens with zero attached hydrogens (tertiary/aromatic N) is 1. The van der Waals surface area contributed by atoms with Gasteiger partial charge in [0.1, 0.15) is 6.54 Å². The van der Waals surface area contributed by atoms with Crippen molar-refractivity contribution < 1.29 is 19.4 Å². The van der Waals surface area contributed by atoms with Crippen LogP contribution in [0.2, 0.25) is 0 Å². The van der Waals surface area contributed by atoms with Crippen LogP contribution in [0.25, 0.3) is 0 Å². The minimum atomic E-state index is -1.04. The first kappa shape index (κ1) is 11.8. The number of carboxylic acid groups (broad SMARTS) is 1. The predicted molar refractivity (Wildman–Crippen MR) is 52.6 cm³/mol. The van der Waals surface area contributed by atoms with Crippen molar-refractivity contribution in [1.82, 2.24) is 10.2 Å². The molecule has 1 aliphatic heterocycles. The van der Waals surface area contributed by atoms with E-state index in [0.717, 1.165) is 0 Å². The molecule has 15 heavy (non-hydrogen) atoms. The van der Waals surface area contributed by atoms with Crippen LogP contribution in [0.5, 0.6) is 0 Å². The Kier molecular flexibility index (Phi) is 3.90. The van der Waals surface area contributed by atoms with Gasteiger partial charge in [0, 0.05) is 13.1 Å². The van der Waals surface area contributed by atoms with Crippen LogP contribution in [0.3, 0.4) is 0 Å². The van der Waals surface area contributed by atoms with Crippen molar-refractivity contribution in [1.29, 1.82) is 0 Å². The zero-order chi connectivity index (χ0) is 11.4. The molecule has 0 aliphatic carbocycles. The summed E-state index contributed by atoms with van der Waals surface area (Å²) in [7, 11) is 0. The predicted octanol–water partition coefficient (Wildman–Crippen LogP) is -0.110. The van der Waals surface area contributed by atoms with Gasteiger partial charge >= 0.3 is 12.0 Å². The van der Waals surface area contributed by atoms with Gasteiger partial charge in [0.05, 0.1) is 12.2 Å². The summed E-state index contributed by atoms with van der Waals surface area (Å²) in [4.78, 5) is 23.3. The average molecular weight is 216 g/mol. The lowest BCUT2D eigenvalue weighted by Crippen LogP contribution is -2.52. The highest BCUT2D eigenvalue weighted by atomic mass is 16.5. The SMILES string of the molecule is CC1CN(C(=O)NCC(=O)O)CC(C)O1. The Hall–Kier alpha value is -1.30. The Morgan fingerprint density at radius 3 is 2.40 bits per heavy atom. The van der Waals surface area contributed by atoms with E-state index in [1.165, 1.54) is 0 Å². The van der Waals surface area contributed by atoms with Crippen molar-refractivity contribution in [3.63, 3.8) is 0 Å². The van der Waals surface area contributed by atoms with Crippen LogP contribution in [0.4, 0.5) is 4.79 Å². The second-order valence-electron chi connectivity index (χ2n) is 3.71. The van der Waals surface area contributed by atoms with Crippen molar-refractivity contribution in [3.8, 4) is 0 Å². The van der Waals surface area contributed by atoms with Crippen LogP contribution in [-0.2, 0) is 9.53 Å². The summed E-state index contributed by atoms with van der Waals surface area (Å²) in [6.07, 6.45) is -0.0198. The van der Waals surface area contributed by atoms with Crippen molar-refractivity contribution in [2.24, 2.45) is 0 Å². The van der Waals surface area contributed by atoms with Crippen LogP contribution >= 0.6 is 0 Å². The molecule has 0 bridgehead atoms. The molecule has 0 saturated carbocycles. The first-order chi connectivity index (χ1) is 6.99. The molecule has 2 amide bonds. The second-order valence-corrected chi connectivity index (χ2v) is 3.71. The van der Waals surface area contributed by atoms with Crippen LogP contribution in [0.1, 0.15) is 13.8 Å². The van der Waals surface area contributed by atoms with E-state index in [2.05, 4.69) is 5.32 Å². The molecule has 0 spiro atoms. The molecule has 1 saturated heterocycles. The van der Waals surface area contributed by atoms with E-state index in [-0.39, 0.29) is 24.8 Å². The minimum Gasteiger partial charge on any atom is -0.480 e. The molecular formula is C9H16N2O4. The van der Waals surface area contributed by atoms with Crippen LogP contribution in [0.15, 0.2) is 0 Å². The molecule has 0 aromatic heterocycles. The number of amides is 2. The highest BCUT2D eigenvalue weighted by Gasteiger charge is 2.25. The lowest BCUT2D eigenvalue weighted by atomic mass is 10.2. The Morgan fingerprint density at radius 2 is 1.93 bits per heavy atom. The number of aliphatic carboxylic acids is 1.